The van der Waals surface area contributed by atoms with Gasteiger partial charge in [0.15, 0.2) is 0 Å². The summed E-state index contributed by atoms with van der Waals surface area (Å²) >= 11 is 0. The normalized spacial score (nSPS) is 15.8. The smallest absolute Gasteiger partial charge is 0.320 e. The molecule has 0 aromatic rings. The third kappa shape index (κ3) is 4.52. The van der Waals surface area contributed by atoms with E-state index in [9.17, 15) is 9.59 Å². The SMILES string of the molecule is CC(C)N(CCCC(=O)O)C(=O)N1CCNCC1. The largest absolute Gasteiger partial charge is 0.481 e. The van der Waals surface area contributed by atoms with E-state index in [1.165, 1.54) is 0 Å². The lowest BCUT2D eigenvalue weighted by Gasteiger charge is -2.35. The molecule has 1 rings (SSSR count). The van der Waals surface area contributed by atoms with Gasteiger partial charge in [-0.15, -0.1) is 0 Å². The number of aliphatic carboxylic acids is 1. The summed E-state index contributed by atoms with van der Waals surface area (Å²) in [6.45, 7) is 7.52. The van der Waals surface area contributed by atoms with Crippen LogP contribution in [0.3, 0.4) is 0 Å². The van der Waals surface area contributed by atoms with E-state index < -0.39 is 5.97 Å². The van der Waals surface area contributed by atoms with Crippen molar-refractivity contribution in [2.75, 3.05) is 32.7 Å². The number of carboxylic acids is 1. The van der Waals surface area contributed by atoms with Crippen LogP contribution in [0.15, 0.2) is 0 Å². The van der Waals surface area contributed by atoms with E-state index in [0.717, 1.165) is 26.2 Å². The van der Waals surface area contributed by atoms with E-state index in [1.807, 2.05) is 18.7 Å². The summed E-state index contributed by atoms with van der Waals surface area (Å²) in [5, 5.41) is 11.8. The van der Waals surface area contributed by atoms with Gasteiger partial charge in [-0.05, 0) is 20.3 Å². The number of amides is 2. The van der Waals surface area contributed by atoms with Crippen LogP contribution in [-0.4, -0.2) is 65.7 Å². The first-order valence-corrected chi connectivity index (χ1v) is 6.50. The highest BCUT2D eigenvalue weighted by Crippen LogP contribution is 2.08. The molecule has 1 aliphatic heterocycles. The highest BCUT2D eigenvalue weighted by molar-refractivity contribution is 5.75. The first-order chi connectivity index (χ1) is 8.52. The second kappa shape index (κ2) is 7.20. The third-order valence-corrected chi connectivity index (χ3v) is 3.05. The predicted octanol–water partition coefficient (Wildman–Crippen LogP) is 0.587. The number of carbonyl (C=O) groups excluding carboxylic acids is 1. The Kier molecular flexibility index (Phi) is 5.91. The molecule has 0 radical (unpaired) electrons. The Morgan fingerprint density at radius 3 is 2.44 bits per heavy atom. The van der Waals surface area contributed by atoms with Gasteiger partial charge < -0.3 is 20.2 Å². The number of nitrogens with one attached hydrogen (secondary N) is 1. The maximum atomic E-state index is 12.3. The highest BCUT2D eigenvalue weighted by Gasteiger charge is 2.24. The number of urea groups is 1. The molecule has 6 heteroatoms. The maximum absolute atomic E-state index is 12.3. The van der Waals surface area contributed by atoms with Gasteiger partial charge >= 0.3 is 12.0 Å². The van der Waals surface area contributed by atoms with Crippen LogP contribution in [0.1, 0.15) is 26.7 Å². The molecule has 2 amide bonds. The molecule has 6 nitrogen and oxygen atoms in total. The number of nitrogens with zero attached hydrogens (tertiary/aromatic N) is 2. The highest BCUT2D eigenvalue weighted by atomic mass is 16.4. The van der Waals surface area contributed by atoms with Crippen LogP contribution in [0.5, 0.6) is 0 Å². The molecule has 2 N–H and O–H groups in total. The van der Waals surface area contributed by atoms with Gasteiger partial charge in [-0.25, -0.2) is 4.79 Å². The summed E-state index contributed by atoms with van der Waals surface area (Å²) in [5.74, 6) is -0.812. The van der Waals surface area contributed by atoms with Crippen molar-refractivity contribution in [3.8, 4) is 0 Å². The fourth-order valence-corrected chi connectivity index (χ4v) is 2.01. The van der Waals surface area contributed by atoms with E-state index in [4.69, 9.17) is 5.11 Å². The molecule has 1 fully saturated rings. The second-order valence-corrected chi connectivity index (χ2v) is 4.80. The number of piperazine rings is 1. The van der Waals surface area contributed by atoms with E-state index in [1.54, 1.807) is 4.90 Å². The molecule has 1 heterocycles. The lowest BCUT2D eigenvalue weighted by molar-refractivity contribution is -0.137. The standard InChI is InChI=1S/C12H23N3O3/c1-10(2)15(7-3-4-11(16)17)12(18)14-8-5-13-6-9-14/h10,13H,3-9H2,1-2H3,(H,16,17). The van der Waals surface area contributed by atoms with Gasteiger partial charge in [-0.3, -0.25) is 4.79 Å². The molecular formula is C12H23N3O3. The average molecular weight is 257 g/mol. The Bertz CT molecular complexity index is 288. The number of carboxylic acid groups (broad SMARTS) is 1. The van der Waals surface area contributed by atoms with Crippen molar-refractivity contribution in [2.24, 2.45) is 0 Å². The quantitative estimate of drug-likeness (QED) is 0.756. The monoisotopic (exact) mass is 257 g/mol. The molecule has 0 bridgehead atoms. The Labute approximate surface area is 108 Å². The number of hydrogen-bond acceptors (Lipinski definition) is 3. The summed E-state index contributed by atoms with van der Waals surface area (Å²) in [6, 6.07) is 0.123. The van der Waals surface area contributed by atoms with Gasteiger partial charge in [0.2, 0.25) is 0 Å². The van der Waals surface area contributed by atoms with Crippen molar-refractivity contribution in [1.29, 1.82) is 0 Å². The molecule has 1 saturated heterocycles. The fraction of sp³-hybridized carbons (Fsp3) is 0.833. The Morgan fingerprint density at radius 2 is 1.94 bits per heavy atom. The number of carbonyl (C=O) groups is 2. The van der Waals surface area contributed by atoms with Crippen molar-refractivity contribution in [3.05, 3.63) is 0 Å². The van der Waals surface area contributed by atoms with Crippen LogP contribution in [0, 0.1) is 0 Å². The number of rotatable bonds is 5. The van der Waals surface area contributed by atoms with E-state index in [0.29, 0.717) is 13.0 Å². The molecule has 0 aromatic heterocycles. The zero-order valence-corrected chi connectivity index (χ0v) is 11.2. The minimum absolute atomic E-state index is 0.0249. The van der Waals surface area contributed by atoms with Crippen LogP contribution in [-0.2, 0) is 4.79 Å². The summed E-state index contributed by atoms with van der Waals surface area (Å²) < 4.78 is 0. The number of hydrogen-bond donors (Lipinski definition) is 2. The summed E-state index contributed by atoms with van der Waals surface area (Å²) in [6.07, 6.45) is 0.614. The lowest BCUT2D eigenvalue weighted by atomic mass is 10.2. The first kappa shape index (κ1) is 14.8. The molecule has 104 valence electrons. The molecule has 0 aliphatic carbocycles. The maximum Gasteiger partial charge on any atom is 0.320 e. The summed E-state index contributed by atoms with van der Waals surface area (Å²) in [4.78, 5) is 26.4. The predicted molar refractivity (Wildman–Crippen MR) is 68.6 cm³/mol. The van der Waals surface area contributed by atoms with Crippen molar-refractivity contribution in [3.63, 3.8) is 0 Å². The fourth-order valence-electron chi connectivity index (χ4n) is 2.01. The van der Waals surface area contributed by atoms with Gasteiger partial charge in [0.25, 0.3) is 0 Å². The lowest BCUT2D eigenvalue weighted by Crippen LogP contribution is -2.53. The molecule has 0 unspecified atom stereocenters. The molecule has 0 saturated carbocycles. The van der Waals surface area contributed by atoms with Gasteiger partial charge in [-0.2, -0.15) is 0 Å². The molecular weight excluding hydrogens is 234 g/mol. The van der Waals surface area contributed by atoms with Crippen LogP contribution in [0.25, 0.3) is 0 Å². The van der Waals surface area contributed by atoms with Crippen LogP contribution in [0.4, 0.5) is 4.79 Å². The Hall–Kier alpha value is -1.30. The van der Waals surface area contributed by atoms with E-state index in [2.05, 4.69) is 5.32 Å². The second-order valence-electron chi connectivity index (χ2n) is 4.80. The van der Waals surface area contributed by atoms with E-state index >= 15 is 0 Å². The summed E-state index contributed by atoms with van der Waals surface area (Å²) in [7, 11) is 0. The van der Waals surface area contributed by atoms with Crippen LogP contribution >= 0.6 is 0 Å². The Morgan fingerprint density at radius 1 is 1.33 bits per heavy atom. The van der Waals surface area contributed by atoms with Crippen LogP contribution < -0.4 is 5.32 Å². The van der Waals surface area contributed by atoms with Crippen LogP contribution in [0.2, 0.25) is 0 Å². The zero-order chi connectivity index (χ0) is 13.5. The van der Waals surface area contributed by atoms with Gasteiger partial charge in [0.1, 0.15) is 0 Å². The van der Waals surface area contributed by atoms with E-state index in [-0.39, 0.29) is 18.5 Å². The topological polar surface area (TPSA) is 72.9 Å². The molecule has 0 spiro atoms. The molecule has 1 aliphatic rings. The minimum Gasteiger partial charge on any atom is -0.481 e. The van der Waals surface area contributed by atoms with Crippen molar-refractivity contribution < 1.29 is 14.7 Å². The van der Waals surface area contributed by atoms with Gasteiger partial charge in [0.05, 0.1) is 0 Å². The summed E-state index contributed by atoms with van der Waals surface area (Å²) in [5.41, 5.74) is 0. The van der Waals surface area contributed by atoms with Crippen molar-refractivity contribution in [1.82, 2.24) is 15.1 Å². The Balaban J connectivity index is 2.48. The van der Waals surface area contributed by atoms with Crippen molar-refractivity contribution in [2.45, 2.75) is 32.7 Å². The first-order valence-electron chi connectivity index (χ1n) is 6.50. The molecule has 0 aromatic carbocycles. The van der Waals surface area contributed by atoms with Gasteiger partial charge in [0, 0.05) is 45.2 Å². The minimum atomic E-state index is -0.812. The third-order valence-electron chi connectivity index (χ3n) is 3.05. The average Bonchev–Trinajstić information content (AvgIpc) is 2.34. The molecule has 0 atom stereocenters. The zero-order valence-electron chi connectivity index (χ0n) is 11.2. The van der Waals surface area contributed by atoms with Gasteiger partial charge in [-0.1, -0.05) is 0 Å². The molecule has 18 heavy (non-hydrogen) atoms. The van der Waals surface area contributed by atoms with Crippen molar-refractivity contribution >= 4 is 12.0 Å².